The predicted molar refractivity (Wildman–Crippen MR) is 123 cm³/mol. The maximum absolute atomic E-state index is 14.2. The number of likely N-dealkylation sites (tertiary alicyclic amines) is 1. The summed E-state index contributed by atoms with van der Waals surface area (Å²) < 4.78 is 53.6. The number of halogens is 5. The molecule has 2 fully saturated rings. The monoisotopic (exact) mass is 528 g/mol. The Hall–Kier alpha value is -2.83. The highest BCUT2D eigenvalue weighted by molar-refractivity contribution is 7.22. The molecule has 0 N–H and O–H groups in total. The number of hydrogen-bond acceptors (Lipinski definition) is 7. The second-order valence-corrected chi connectivity index (χ2v) is 10.2. The Morgan fingerprint density at radius 1 is 1.14 bits per heavy atom. The van der Waals surface area contributed by atoms with Gasteiger partial charge in [0.2, 0.25) is 0 Å². The van der Waals surface area contributed by atoms with Crippen LogP contribution in [0.25, 0.3) is 10.1 Å². The second-order valence-electron chi connectivity index (χ2n) is 8.78. The Kier molecular flexibility index (Phi) is 5.93. The van der Waals surface area contributed by atoms with E-state index in [1.54, 1.807) is 12.1 Å². The number of nitro groups is 1. The molecule has 0 amide bonds. The molecule has 2 atom stereocenters. The number of benzene rings is 2. The van der Waals surface area contributed by atoms with E-state index in [1.165, 1.54) is 6.07 Å². The first-order valence-corrected chi connectivity index (χ1v) is 11.8. The quantitative estimate of drug-likeness (QED) is 0.271. The van der Waals surface area contributed by atoms with Gasteiger partial charge < -0.3 is 4.90 Å². The summed E-state index contributed by atoms with van der Waals surface area (Å²) in [6.45, 7) is 2.90. The highest BCUT2D eigenvalue weighted by atomic mass is 35.5. The molecule has 0 aliphatic carbocycles. The summed E-state index contributed by atoms with van der Waals surface area (Å²) in [6, 6.07) is 5.65. The van der Waals surface area contributed by atoms with Crippen LogP contribution in [0, 0.1) is 27.8 Å². The largest absolute Gasteiger partial charge is 0.416 e. The van der Waals surface area contributed by atoms with E-state index in [0.29, 0.717) is 55.4 Å². The van der Waals surface area contributed by atoms with Gasteiger partial charge in [-0.15, -0.1) is 0 Å². The summed E-state index contributed by atoms with van der Waals surface area (Å²) in [6.07, 6.45) is -4.83. The maximum Gasteiger partial charge on any atom is 0.416 e. The van der Waals surface area contributed by atoms with Crippen LogP contribution in [0.4, 0.5) is 28.4 Å². The molecule has 0 radical (unpaired) electrons. The minimum absolute atomic E-state index is 0.130. The van der Waals surface area contributed by atoms with E-state index in [4.69, 9.17) is 11.6 Å². The summed E-state index contributed by atoms with van der Waals surface area (Å²) in [5, 5.41) is 11.7. The summed E-state index contributed by atoms with van der Waals surface area (Å²) in [5.41, 5.74) is -2.41. The molecule has 184 valence electrons. The van der Waals surface area contributed by atoms with Crippen LogP contribution in [0.2, 0.25) is 5.02 Å². The van der Waals surface area contributed by atoms with Crippen molar-refractivity contribution < 1.29 is 22.5 Å². The predicted octanol–water partition coefficient (Wildman–Crippen LogP) is 4.94. The lowest BCUT2D eigenvalue weighted by atomic mass is 10.0. The molecular weight excluding hydrogens is 512 g/mol. The van der Waals surface area contributed by atoms with Gasteiger partial charge in [0.15, 0.2) is 5.13 Å². The van der Waals surface area contributed by atoms with E-state index in [1.807, 2.05) is 4.90 Å². The third-order valence-electron chi connectivity index (χ3n) is 6.46. The summed E-state index contributed by atoms with van der Waals surface area (Å²) in [7, 11) is 0. The maximum atomic E-state index is 14.2. The van der Waals surface area contributed by atoms with Crippen LogP contribution in [0.3, 0.4) is 0 Å². The average molecular weight is 529 g/mol. The Morgan fingerprint density at radius 3 is 2.43 bits per heavy atom. The molecule has 2 aromatic carbocycles. The number of aromatic nitrogens is 1. The number of rotatable bonds is 4. The van der Waals surface area contributed by atoms with Gasteiger partial charge in [-0.2, -0.15) is 18.2 Å². The molecule has 35 heavy (non-hydrogen) atoms. The van der Waals surface area contributed by atoms with Gasteiger partial charge in [-0.3, -0.25) is 19.8 Å². The van der Waals surface area contributed by atoms with E-state index in [0.717, 1.165) is 11.3 Å². The van der Waals surface area contributed by atoms with Crippen LogP contribution in [0.5, 0.6) is 0 Å². The molecule has 2 unspecified atom stereocenters. The molecule has 2 saturated heterocycles. The van der Waals surface area contributed by atoms with Crippen molar-refractivity contribution in [1.29, 1.82) is 0 Å². The first-order valence-electron chi connectivity index (χ1n) is 10.6. The minimum atomic E-state index is -4.83. The fourth-order valence-electron chi connectivity index (χ4n) is 4.84. The van der Waals surface area contributed by atoms with Crippen LogP contribution >= 0.6 is 22.9 Å². The Balaban J connectivity index is 1.37. The standard InChI is InChI=1S/C22H17ClF4N4O3S/c23-15-2-1-11(17(24)5-15)6-29-7-12-9-30(10-13(12)8-29)21-28-20(32)16-3-14(22(25,26)27)4-18(31(33)34)19(16)35-21/h1-5,12-13H,6-10H2. The molecule has 2 aliphatic heterocycles. The smallest absolute Gasteiger partial charge is 0.347 e. The minimum Gasteiger partial charge on any atom is -0.347 e. The zero-order valence-corrected chi connectivity index (χ0v) is 19.5. The molecule has 5 rings (SSSR count). The second kappa shape index (κ2) is 8.68. The number of fused-ring (bicyclic) bond motifs is 2. The van der Waals surface area contributed by atoms with Crippen molar-refractivity contribution in [3.05, 3.63) is 72.8 Å². The van der Waals surface area contributed by atoms with Crippen molar-refractivity contribution >= 4 is 43.8 Å². The zero-order valence-electron chi connectivity index (χ0n) is 17.9. The van der Waals surface area contributed by atoms with Crippen molar-refractivity contribution in [2.75, 3.05) is 31.1 Å². The SMILES string of the molecule is O=c1nc(N2CC3CN(Cc4ccc(Cl)cc4F)CC3C2)sc2c([N+](=O)[O-])cc(C(F)(F)F)cc12. The first-order chi connectivity index (χ1) is 16.5. The van der Waals surface area contributed by atoms with E-state index >= 15 is 0 Å². The van der Waals surface area contributed by atoms with Crippen molar-refractivity contribution in [1.82, 2.24) is 9.88 Å². The normalized spacial score (nSPS) is 20.5. The number of nitro benzene ring substituents is 1. The van der Waals surface area contributed by atoms with Crippen molar-refractivity contribution in [3.63, 3.8) is 0 Å². The molecule has 1 aromatic heterocycles. The molecule has 0 bridgehead atoms. The van der Waals surface area contributed by atoms with Gasteiger partial charge in [-0.05, 0) is 30.0 Å². The molecule has 0 saturated carbocycles. The van der Waals surface area contributed by atoms with E-state index in [-0.39, 0.29) is 27.5 Å². The van der Waals surface area contributed by atoms with E-state index in [9.17, 15) is 32.5 Å². The van der Waals surface area contributed by atoms with Gasteiger partial charge in [0.25, 0.3) is 11.2 Å². The van der Waals surface area contributed by atoms with Gasteiger partial charge in [-0.25, -0.2) is 4.39 Å². The fraction of sp³-hybridized carbons (Fsp3) is 0.364. The van der Waals surface area contributed by atoms with Crippen LogP contribution in [0.1, 0.15) is 11.1 Å². The Labute approximate surface area is 204 Å². The van der Waals surface area contributed by atoms with Crippen molar-refractivity contribution in [2.45, 2.75) is 12.7 Å². The lowest BCUT2D eigenvalue weighted by Crippen LogP contribution is -2.29. The number of non-ortho nitro benzene ring substituents is 1. The van der Waals surface area contributed by atoms with Gasteiger partial charge in [-0.1, -0.05) is 29.0 Å². The first kappa shape index (κ1) is 23.9. The van der Waals surface area contributed by atoms with Gasteiger partial charge in [0.1, 0.15) is 10.5 Å². The Morgan fingerprint density at radius 2 is 1.83 bits per heavy atom. The molecule has 3 aromatic rings. The highest BCUT2D eigenvalue weighted by Gasteiger charge is 2.41. The van der Waals surface area contributed by atoms with Crippen LogP contribution in [0.15, 0.2) is 35.1 Å². The molecule has 2 aliphatic rings. The zero-order chi connectivity index (χ0) is 25.1. The average Bonchev–Trinajstić information content (AvgIpc) is 3.33. The number of anilines is 1. The van der Waals surface area contributed by atoms with Gasteiger partial charge >= 0.3 is 6.18 Å². The van der Waals surface area contributed by atoms with E-state index in [2.05, 4.69) is 9.88 Å². The van der Waals surface area contributed by atoms with Crippen LogP contribution in [-0.4, -0.2) is 41.0 Å². The lowest BCUT2D eigenvalue weighted by Gasteiger charge is -2.22. The molecule has 13 heteroatoms. The van der Waals surface area contributed by atoms with Gasteiger partial charge in [0.05, 0.1) is 15.9 Å². The van der Waals surface area contributed by atoms with Crippen LogP contribution in [-0.2, 0) is 12.7 Å². The van der Waals surface area contributed by atoms with Crippen molar-refractivity contribution in [2.24, 2.45) is 11.8 Å². The number of hydrogen-bond donors (Lipinski definition) is 0. The number of nitrogens with zero attached hydrogens (tertiary/aromatic N) is 4. The fourth-order valence-corrected chi connectivity index (χ4v) is 6.08. The Bertz CT molecular complexity index is 1390. The molecule has 3 heterocycles. The van der Waals surface area contributed by atoms with Gasteiger partial charge in [0, 0.05) is 49.4 Å². The highest BCUT2D eigenvalue weighted by Crippen LogP contribution is 2.40. The lowest BCUT2D eigenvalue weighted by molar-refractivity contribution is -0.383. The van der Waals surface area contributed by atoms with Crippen LogP contribution < -0.4 is 10.5 Å². The third kappa shape index (κ3) is 4.57. The molecular formula is C22H17ClF4N4O3S. The summed E-state index contributed by atoms with van der Waals surface area (Å²) >= 11 is 6.66. The summed E-state index contributed by atoms with van der Waals surface area (Å²) in [4.78, 5) is 31.1. The molecule has 0 spiro atoms. The summed E-state index contributed by atoms with van der Waals surface area (Å²) in [5.74, 6) is 0.0668. The van der Waals surface area contributed by atoms with Crippen molar-refractivity contribution in [3.8, 4) is 0 Å². The third-order valence-corrected chi connectivity index (χ3v) is 7.86. The van der Waals surface area contributed by atoms with E-state index < -0.39 is 33.3 Å². The molecule has 7 nitrogen and oxygen atoms in total. The topological polar surface area (TPSA) is 79.6 Å². The number of alkyl halides is 3.